The van der Waals surface area contributed by atoms with Gasteiger partial charge in [-0.25, -0.2) is 0 Å². The summed E-state index contributed by atoms with van der Waals surface area (Å²) in [5.74, 6) is 1.44. The highest BCUT2D eigenvalue weighted by atomic mass is 35.5. The van der Waals surface area contributed by atoms with Crippen molar-refractivity contribution in [2.75, 3.05) is 20.3 Å². The first-order valence-electron chi connectivity index (χ1n) is 8.08. The van der Waals surface area contributed by atoms with Crippen molar-refractivity contribution in [1.82, 2.24) is 5.32 Å². The fraction of sp³-hybridized carbons (Fsp3) is 0.368. The van der Waals surface area contributed by atoms with Gasteiger partial charge in [0.2, 0.25) is 0 Å². The van der Waals surface area contributed by atoms with E-state index in [0.29, 0.717) is 23.9 Å². The molecule has 130 valence electrons. The number of ether oxygens (including phenoxy) is 2. The summed E-state index contributed by atoms with van der Waals surface area (Å²) in [4.78, 5) is 0. The van der Waals surface area contributed by atoms with E-state index < -0.39 is 0 Å². The first kappa shape index (κ1) is 18.9. The molecule has 2 rings (SSSR count). The van der Waals surface area contributed by atoms with Crippen LogP contribution in [0.4, 0.5) is 0 Å². The van der Waals surface area contributed by atoms with Gasteiger partial charge in [-0.3, -0.25) is 0 Å². The molecule has 0 saturated heterocycles. The number of hydrogen-bond acceptors (Lipinski definition) is 3. The smallest absolute Gasteiger partial charge is 0.165 e. The number of halogens is 2. The minimum absolute atomic E-state index is 0.644. The third kappa shape index (κ3) is 5.59. The molecule has 0 fully saturated rings. The predicted octanol–water partition coefficient (Wildman–Crippen LogP) is 5.12. The lowest BCUT2D eigenvalue weighted by atomic mass is 10.1. The van der Waals surface area contributed by atoms with Crippen molar-refractivity contribution in [3.05, 3.63) is 57.6 Å². The third-order valence-corrected chi connectivity index (χ3v) is 4.06. The number of hydrogen-bond donors (Lipinski definition) is 1. The number of benzene rings is 2. The number of methoxy groups -OCH3 is 1. The van der Waals surface area contributed by atoms with Crippen molar-refractivity contribution >= 4 is 23.2 Å². The van der Waals surface area contributed by atoms with Crippen molar-refractivity contribution in [2.45, 2.75) is 26.3 Å². The van der Waals surface area contributed by atoms with Crippen molar-refractivity contribution in [3.8, 4) is 11.5 Å². The number of nitrogens with one attached hydrogen (secondary N) is 1. The molecule has 0 spiro atoms. The molecule has 0 amide bonds. The average Bonchev–Trinajstić information content (AvgIpc) is 2.58. The maximum Gasteiger partial charge on any atom is 0.165 e. The highest BCUT2D eigenvalue weighted by molar-refractivity contribution is 6.31. The largest absolute Gasteiger partial charge is 0.493 e. The third-order valence-electron chi connectivity index (χ3n) is 3.59. The van der Waals surface area contributed by atoms with Gasteiger partial charge in [-0.15, -0.1) is 0 Å². The second-order valence-electron chi connectivity index (χ2n) is 5.50. The first-order chi connectivity index (χ1) is 11.6. The van der Waals surface area contributed by atoms with Crippen LogP contribution in [0, 0.1) is 0 Å². The Morgan fingerprint density at radius 3 is 2.46 bits per heavy atom. The quantitative estimate of drug-likeness (QED) is 0.623. The lowest BCUT2D eigenvalue weighted by molar-refractivity contribution is 0.290. The molecule has 0 radical (unpaired) electrons. The molecule has 0 aliphatic heterocycles. The summed E-state index contributed by atoms with van der Waals surface area (Å²) in [7, 11) is 1.63. The molecule has 0 saturated carbocycles. The van der Waals surface area contributed by atoms with E-state index in [1.54, 1.807) is 13.2 Å². The zero-order valence-electron chi connectivity index (χ0n) is 14.1. The molecule has 5 heteroatoms. The van der Waals surface area contributed by atoms with Gasteiger partial charge in [0.1, 0.15) is 0 Å². The van der Waals surface area contributed by atoms with Crippen LogP contribution in [0.5, 0.6) is 11.5 Å². The van der Waals surface area contributed by atoms with Crippen molar-refractivity contribution < 1.29 is 9.47 Å². The van der Waals surface area contributed by atoms with Crippen LogP contribution in [0.15, 0.2) is 36.4 Å². The van der Waals surface area contributed by atoms with Gasteiger partial charge < -0.3 is 14.8 Å². The maximum absolute atomic E-state index is 6.18. The van der Waals surface area contributed by atoms with E-state index in [1.165, 1.54) is 5.56 Å². The van der Waals surface area contributed by atoms with E-state index in [9.17, 15) is 0 Å². The van der Waals surface area contributed by atoms with Gasteiger partial charge in [-0.2, -0.15) is 0 Å². The van der Waals surface area contributed by atoms with Crippen LogP contribution in [-0.4, -0.2) is 20.3 Å². The summed E-state index contributed by atoms with van der Waals surface area (Å²) >= 11 is 12.1. The van der Waals surface area contributed by atoms with E-state index in [4.69, 9.17) is 32.7 Å². The Balaban J connectivity index is 1.97. The lowest BCUT2D eigenvalue weighted by Gasteiger charge is -2.16. The molecule has 0 bridgehead atoms. The lowest BCUT2D eigenvalue weighted by Crippen LogP contribution is -2.17. The molecular formula is C19H23Cl2NO2. The van der Waals surface area contributed by atoms with Gasteiger partial charge in [0, 0.05) is 28.2 Å². The zero-order valence-corrected chi connectivity index (χ0v) is 15.6. The molecule has 0 heterocycles. The van der Waals surface area contributed by atoms with Crippen LogP contribution < -0.4 is 14.8 Å². The van der Waals surface area contributed by atoms with Crippen molar-refractivity contribution in [3.63, 3.8) is 0 Å². The van der Waals surface area contributed by atoms with Gasteiger partial charge in [0.15, 0.2) is 11.5 Å². The topological polar surface area (TPSA) is 30.5 Å². The van der Waals surface area contributed by atoms with E-state index in [2.05, 4.69) is 12.2 Å². The van der Waals surface area contributed by atoms with E-state index in [0.717, 1.165) is 35.7 Å². The van der Waals surface area contributed by atoms with Crippen LogP contribution in [0.3, 0.4) is 0 Å². The molecule has 0 unspecified atom stereocenters. The summed E-state index contributed by atoms with van der Waals surface area (Å²) in [5, 5.41) is 4.84. The average molecular weight is 368 g/mol. The molecule has 0 aliphatic carbocycles. The summed E-state index contributed by atoms with van der Waals surface area (Å²) in [5.41, 5.74) is 2.25. The SMILES string of the molecule is CCCOc1c(CNCCc2ccc(Cl)cc2)cc(Cl)cc1OC. The maximum atomic E-state index is 6.18. The minimum Gasteiger partial charge on any atom is -0.493 e. The Morgan fingerprint density at radius 1 is 1.04 bits per heavy atom. The van der Waals surface area contributed by atoms with Gasteiger partial charge in [0.25, 0.3) is 0 Å². The standard InChI is InChI=1S/C19H23Cl2NO2/c1-3-10-24-19-15(11-17(21)12-18(19)23-2)13-22-9-8-14-4-6-16(20)7-5-14/h4-7,11-12,22H,3,8-10,13H2,1-2H3. The fourth-order valence-electron chi connectivity index (χ4n) is 2.38. The monoisotopic (exact) mass is 367 g/mol. The van der Waals surface area contributed by atoms with E-state index in [-0.39, 0.29) is 0 Å². The fourth-order valence-corrected chi connectivity index (χ4v) is 2.74. The summed E-state index contributed by atoms with van der Waals surface area (Å²) < 4.78 is 11.3. The Labute approximate surface area is 153 Å². The van der Waals surface area contributed by atoms with Crippen molar-refractivity contribution in [1.29, 1.82) is 0 Å². The van der Waals surface area contributed by atoms with Gasteiger partial charge in [-0.1, -0.05) is 42.3 Å². The summed E-state index contributed by atoms with van der Waals surface area (Å²) in [6.07, 6.45) is 1.87. The van der Waals surface area contributed by atoms with Crippen LogP contribution in [-0.2, 0) is 13.0 Å². The molecule has 0 aliphatic rings. The molecule has 2 aromatic carbocycles. The molecule has 24 heavy (non-hydrogen) atoms. The summed E-state index contributed by atoms with van der Waals surface area (Å²) in [6.45, 7) is 4.25. The van der Waals surface area contributed by atoms with Crippen molar-refractivity contribution in [2.24, 2.45) is 0 Å². The molecular weight excluding hydrogens is 345 g/mol. The van der Waals surface area contributed by atoms with Crippen LogP contribution in [0.2, 0.25) is 10.0 Å². The predicted molar refractivity (Wildman–Crippen MR) is 101 cm³/mol. The Hall–Kier alpha value is -1.42. The normalized spacial score (nSPS) is 10.7. The molecule has 3 nitrogen and oxygen atoms in total. The number of rotatable bonds is 9. The van der Waals surface area contributed by atoms with E-state index >= 15 is 0 Å². The first-order valence-corrected chi connectivity index (χ1v) is 8.84. The van der Waals surface area contributed by atoms with E-state index in [1.807, 2.05) is 30.3 Å². The van der Waals surface area contributed by atoms with Gasteiger partial charge in [-0.05, 0) is 43.1 Å². The minimum atomic E-state index is 0.644. The molecule has 0 aromatic heterocycles. The Kier molecular flexibility index (Phi) is 7.70. The highest BCUT2D eigenvalue weighted by Gasteiger charge is 2.12. The van der Waals surface area contributed by atoms with Crippen LogP contribution >= 0.6 is 23.2 Å². The Bertz CT molecular complexity index is 645. The molecule has 1 N–H and O–H groups in total. The molecule has 2 aromatic rings. The van der Waals surface area contributed by atoms with Crippen LogP contribution in [0.1, 0.15) is 24.5 Å². The van der Waals surface area contributed by atoms with Crippen LogP contribution in [0.25, 0.3) is 0 Å². The van der Waals surface area contributed by atoms with Gasteiger partial charge in [0.05, 0.1) is 13.7 Å². The Morgan fingerprint density at radius 2 is 1.79 bits per heavy atom. The van der Waals surface area contributed by atoms with Gasteiger partial charge >= 0.3 is 0 Å². The highest BCUT2D eigenvalue weighted by Crippen LogP contribution is 2.34. The zero-order chi connectivity index (χ0) is 17.4. The second-order valence-corrected chi connectivity index (χ2v) is 6.37. The summed E-state index contributed by atoms with van der Waals surface area (Å²) in [6, 6.07) is 11.6. The molecule has 0 atom stereocenters. The second kappa shape index (κ2) is 9.77.